The molecule has 0 fully saturated rings. The van der Waals surface area contributed by atoms with Crippen LogP contribution in [0.4, 0.5) is 0 Å². The summed E-state index contributed by atoms with van der Waals surface area (Å²) in [4.78, 5) is 4.30. The van der Waals surface area contributed by atoms with Crippen LogP contribution in [0.25, 0.3) is 0 Å². The van der Waals surface area contributed by atoms with Gasteiger partial charge in [0.1, 0.15) is 16.1 Å². The fourth-order valence-corrected chi connectivity index (χ4v) is 4.39. The van der Waals surface area contributed by atoms with Crippen molar-refractivity contribution >= 4 is 21.4 Å². The number of thiophene rings is 1. The van der Waals surface area contributed by atoms with Crippen molar-refractivity contribution in [2.45, 2.75) is 10.3 Å². The molecule has 0 unspecified atom stereocenters. The molecule has 5 nitrogen and oxygen atoms in total. The first kappa shape index (κ1) is 15.0. The lowest BCUT2D eigenvalue weighted by Crippen LogP contribution is -2.30. The van der Waals surface area contributed by atoms with E-state index >= 15 is 0 Å². The Bertz CT molecular complexity index is 840. The number of nitrogens with zero attached hydrogens (tertiary/aromatic N) is 2. The van der Waals surface area contributed by atoms with Gasteiger partial charge in [0, 0.05) is 19.4 Å². The summed E-state index contributed by atoms with van der Waals surface area (Å²) in [5.41, 5.74) is 0.844. The van der Waals surface area contributed by atoms with E-state index in [9.17, 15) is 8.42 Å². The Morgan fingerprint density at radius 3 is 2.55 bits per heavy atom. The number of imidazole rings is 1. The minimum Gasteiger partial charge on any atom is -0.336 e. The van der Waals surface area contributed by atoms with E-state index < -0.39 is 16.1 Å². The largest absolute Gasteiger partial charge is 0.336 e. The van der Waals surface area contributed by atoms with Gasteiger partial charge in [0.15, 0.2) is 0 Å². The van der Waals surface area contributed by atoms with Gasteiger partial charge in [0.25, 0.3) is 10.0 Å². The van der Waals surface area contributed by atoms with Crippen molar-refractivity contribution in [1.82, 2.24) is 14.3 Å². The van der Waals surface area contributed by atoms with E-state index in [-0.39, 0.29) is 0 Å². The van der Waals surface area contributed by atoms with Crippen LogP contribution in [0.5, 0.6) is 0 Å². The predicted molar refractivity (Wildman–Crippen MR) is 86.1 cm³/mol. The molecule has 0 aliphatic rings. The third-order valence-corrected chi connectivity index (χ3v) is 6.10. The van der Waals surface area contributed by atoms with Crippen LogP contribution in [0.15, 0.2) is 64.4 Å². The van der Waals surface area contributed by atoms with E-state index in [1.165, 1.54) is 11.3 Å². The van der Waals surface area contributed by atoms with E-state index in [0.717, 1.165) is 5.56 Å². The monoisotopic (exact) mass is 333 g/mol. The van der Waals surface area contributed by atoms with E-state index in [4.69, 9.17) is 0 Å². The lowest BCUT2D eigenvalue weighted by molar-refractivity contribution is 0.565. The van der Waals surface area contributed by atoms with Crippen LogP contribution in [0, 0.1) is 0 Å². The van der Waals surface area contributed by atoms with Crippen LogP contribution in [-0.2, 0) is 17.1 Å². The lowest BCUT2D eigenvalue weighted by Gasteiger charge is -2.18. The topological polar surface area (TPSA) is 64.0 Å². The van der Waals surface area contributed by atoms with Crippen molar-refractivity contribution in [3.63, 3.8) is 0 Å². The van der Waals surface area contributed by atoms with Gasteiger partial charge in [0.2, 0.25) is 0 Å². The summed E-state index contributed by atoms with van der Waals surface area (Å²) in [5.74, 6) is 0.645. The number of benzene rings is 1. The molecule has 7 heteroatoms. The fraction of sp³-hybridized carbons (Fsp3) is 0.133. The third kappa shape index (κ3) is 2.96. The van der Waals surface area contributed by atoms with Crippen LogP contribution in [0.3, 0.4) is 0 Å². The van der Waals surface area contributed by atoms with Crippen LogP contribution < -0.4 is 4.72 Å². The number of hydrogen-bond donors (Lipinski definition) is 1. The molecule has 0 saturated carbocycles. The Kier molecular flexibility index (Phi) is 4.10. The Morgan fingerprint density at radius 1 is 1.18 bits per heavy atom. The van der Waals surface area contributed by atoms with Gasteiger partial charge < -0.3 is 4.57 Å². The standard InChI is InChI=1S/C15H15N3O2S2/c1-18-10-9-16-15(18)14(12-6-3-2-4-7-12)17-22(19,20)13-8-5-11-21-13/h2-11,14,17H,1H3/t14-/m0/s1. The Morgan fingerprint density at radius 2 is 1.95 bits per heavy atom. The first-order valence-electron chi connectivity index (χ1n) is 6.66. The number of nitrogens with one attached hydrogen (secondary N) is 1. The van der Waals surface area contributed by atoms with Crippen LogP contribution in [0.1, 0.15) is 17.4 Å². The number of hydrogen-bond acceptors (Lipinski definition) is 4. The quantitative estimate of drug-likeness (QED) is 0.780. The smallest absolute Gasteiger partial charge is 0.251 e. The zero-order valence-corrected chi connectivity index (χ0v) is 13.5. The molecule has 0 aliphatic heterocycles. The average molecular weight is 333 g/mol. The van der Waals surface area contributed by atoms with Crippen molar-refractivity contribution < 1.29 is 8.42 Å². The molecular formula is C15H15N3O2S2. The maximum absolute atomic E-state index is 12.5. The summed E-state index contributed by atoms with van der Waals surface area (Å²) in [7, 11) is -1.75. The first-order valence-corrected chi connectivity index (χ1v) is 9.02. The molecular weight excluding hydrogens is 318 g/mol. The summed E-state index contributed by atoms with van der Waals surface area (Å²) in [5, 5.41) is 1.74. The van der Waals surface area contributed by atoms with E-state index in [2.05, 4.69) is 9.71 Å². The molecule has 0 saturated heterocycles. The molecule has 0 aliphatic carbocycles. The number of aromatic nitrogens is 2. The molecule has 2 aromatic heterocycles. The molecule has 0 amide bonds. The Labute approximate surface area is 133 Å². The summed E-state index contributed by atoms with van der Waals surface area (Å²) in [6.45, 7) is 0. The van der Waals surface area contributed by atoms with E-state index in [1.54, 1.807) is 29.9 Å². The van der Waals surface area contributed by atoms with Crippen molar-refractivity contribution in [3.8, 4) is 0 Å². The molecule has 0 radical (unpaired) electrons. The molecule has 1 atom stereocenters. The zero-order valence-electron chi connectivity index (χ0n) is 11.9. The first-order chi connectivity index (χ1) is 10.6. The van der Waals surface area contributed by atoms with Gasteiger partial charge in [-0.3, -0.25) is 0 Å². The Hall–Kier alpha value is -1.96. The third-order valence-electron chi connectivity index (χ3n) is 3.28. The summed E-state index contributed by atoms with van der Waals surface area (Å²) >= 11 is 1.19. The van der Waals surface area contributed by atoms with Crippen molar-refractivity contribution in [1.29, 1.82) is 0 Å². The highest BCUT2D eigenvalue weighted by Crippen LogP contribution is 2.24. The van der Waals surface area contributed by atoms with Gasteiger partial charge in [-0.15, -0.1) is 11.3 Å². The second-order valence-corrected chi connectivity index (χ2v) is 7.68. The predicted octanol–water partition coefficient (Wildman–Crippen LogP) is 2.55. The molecule has 1 N–H and O–H groups in total. The van der Waals surface area contributed by atoms with E-state index in [0.29, 0.717) is 10.0 Å². The number of rotatable bonds is 5. The van der Waals surface area contributed by atoms with Crippen LogP contribution >= 0.6 is 11.3 Å². The van der Waals surface area contributed by atoms with Gasteiger partial charge in [-0.2, -0.15) is 4.72 Å². The van der Waals surface area contributed by atoms with Gasteiger partial charge >= 0.3 is 0 Å². The summed E-state index contributed by atoms with van der Waals surface area (Å²) < 4.78 is 30.0. The highest BCUT2D eigenvalue weighted by Gasteiger charge is 2.26. The van der Waals surface area contributed by atoms with Gasteiger partial charge in [-0.25, -0.2) is 13.4 Å². The highest BCUT2D eigenvalue weighted by atomic mass is 32.2. The molecule has 1 aromatic carbocycles. The minimum absolute atomic E-state index is 0.294. The second-order valence-electron chi connectivity index (χ2n) is 4.79. The maximum atomic E-state index is 12.5. The second kappa shape index (κ2) is 6.04. The summed E-state index contributed by atoms with van der Waals surface area (Å²) in [6, 6.07) is 12.2. The minimum atomic E-state index is -3.59. The van der Waals surface area contributed by atoms with Gasteiger partial charge in [-0.05, 0) is 17.0 Å². The average Bonchev–Trinajstić information content (AvgIpc) is 3.17. The fourth-order valence-electron chi connectivity index (χ4n) is 2.20. The number of sulfonamides is 1. The molecule has 114 valence electrons. The highest BCUT2D eigenvalue weighted by molar-refractivity contribution is 7.91. The molecule has 2 heterocycles. The molecule has 22 heavy (non-hydrogen) atoms. The van der Waals surface area contributed by atoms with E-state index in [1.807, 2.05) is 41.9 Å². The van der Waals surface area contributed by atoms with Crippen molar-refractivity contribution in [2.24, 2.45) is 7.05 Å². The molecule has 3 rings (SSSR count). The lowest BCUT2D eigenvalue weighted by atomic mass is 10.1. The normalized spacial score (nSPS) is 13.1. The zero-order chi connectivity index (χ0) is 15.6. The maximum Gasteiger partial charge on any atom is 0.251 e. The molecule has 3 aromatic rings. The SMILES string of the molecule is Cn1ccnc1[C@@H](NS(=O)(=O)c1cccs1)c1ccccc1. The molecule has 0 bridgehead atoms. The van der Waals surface area contributed by atoms with Crippen LogP contribution in [-0.4, -0.2) is 18.0 Å². The Balaban J connectivity index is 2.02. The van der Waals surface area contributed by atoms with Gasteiger partial charge in [0.05, 0.1) is 0 Å². The van der Waals surface area contributed by atoms with Crippen molar-refractivity contribution in [3.05, 3.63) is 71.6 Å². The van der Waals surface area contributed by atoms with Crippen LogP contribution in [0.2, 0.25) is 0 Å². The number of aryl methyl sites for hydroxylation is 1. The molecule has 0 spiro atoms. The van der Waals surface area contributed by atoms with Gasteiger partial charge in [-0.1, -0.05) is 36.4 Å². The van der Waals surface area contributed by atoms with Crippen molar-refractivity contribution in [2.75, 3.05) is 0 Å². The summed E-state index contributed by atoms with van der Waals surface area (Å²) in [6.07, 6.45) is 3.45.